The van der Waals surface area contributed by atoms with E-state index in [1.807, 2.05) is 12.1 Å². The van der Waals surface area contributed by atoms with E-state index >= 15 is 0 Å². The van der Waals surface area contributed by atoms with Crippen LogP contribution in [0, 0.1) is 0 Å². The molecule has 0 amide bonds. The van der Waals surface area contributed by atoms with E-state index in [4.69, 9.17) is 5.11 Å². The van der Waals surface area contributed by atoms with Gasteiger partial charge in [-0.1, -0.05) is 24.3 Å². The molecule has 1 unspecified atom stereocenters. The minimum absolute atomic E-state index is 0.434. The molecular weight excluding hydrogens is 252 g/mol. The van der Waals surface area contributed by atoms with Gasteiger partial charge in [-0.15, -0.1) is 0 Å². The van der Waals surface area contributed by atoms with Gasteiger partial charge in [-0.05, 0) is 44.6 Å². The van der Waals surface area contributed by atoms with Gasteiger partial charge in [-0.25, -0.2) is 0 Å². The molecule has 0 aromatic heterocycles. The molecule has 1 N–H and O–H groups in total. The molecule has 0 aliphatic carbocycles. The Balaban J connectivity index is 1.95. The number of nitrogens with zero attached hydrogens (tertiary/aromatic N) is 2. The van der Waals surface area contributed by atoms with Crippen molar-refractivity contribution in [2.75, 3.05) is 33.2 Å². The number of aliphatic carboxylic acids is 1. The summed E-state index contributed by atoms with van der Waals surface area (Å²) in [6.45, 7) is 7.21. The van der Waals surface area contributed by atoms with Gasteiger partial charge >= 0.3 is 5.97 Å². The maximum atomic E-state index is 11.0. The summed E-state index contributed by atoms with van der Waals surface area (Å²) in [4.78, 5) is 15.8. The van der Waals surface area contributed by atoms with Gasteiger partial charge in [0.2, 0.25) is 0 Å². The Hall–Kier alpha value is -1.39. The normalized spacial score (nSPS) is 19.5. The van der Waals surface area contributed by atoms with Crippen molar-refractivity contribution >= 4 is 5.97 Å². The summed E-state index contributed by atoms with van der Waals surface area (Å²) < 4.78 is 0. The molecule has 1 heterocycles. The second kappa shape index (κ2) is 6.86. The Kier molecular flexibility index (Phi) is 5.15. The lowest BCUT2D eigenvalue weighted by Crippen LogP contribution is -2.28. The first-order chi connectivity index (χ1) is 9.56. The zero-order chi connectivity index (χ0) is 14.5. The van der Waals surface area contributed by atoms with Crippen LogP contribution in [0.5, 0.6) is 0 Å². The van der Waals surface area contributed by atoms with Crippen molar-refractivity contribution in [2.45, 2.75) is 25.8 Å². The fourth-order valence-electron chi connectivity index (χ4n) is 2.57. The van der Waals surface area contributed by atoms with Crippen LogP contribution in [0.15, 0.2) is 24.3 Å². The van der Waals surface area contributed by atoms with Crippen LogP contribution in [-0.4, -0.2) is 54.1 Å². The maximum Gasteiger partial charge on any atom is 0.310 e. The highest BCUT2D eigenvalue weighted by Crippen LogP contribution is 2.17. The van der Waals surface area contributed by atoms with Crippen LogP contribution in [0.3, 0.4) is 0 Å². The van der Waals surface area contributed by atoms with Gasteiger partial charge in [0.15, 0.2) is 0 Å². The van der Waals surface area contributed by atoms with Gasteiger partial charge in [-0.3, -0.25) is 9.69 Å². The van der Waals surface area contributed by atoms with Crippen molar-refractivity contribution < 1.29 is 9.90 Å². The summed E-state index contributed by atoms with van der Waals surface area (Å²) in [5.74, 6) is -1.20. The van der Waals surface area contributed by atoms with Crippen LogP contribution in [0.2, 0.25) is 0 Å². The van der Waals surface area contributed by atoms with Gasteiger partial charge in [-0.2, -0.15) is 0 Å². The first-order valence-electron chi connectivity index (χ1n) is 7.29. The number of hydrogen-bond donors (Lipinski definition) is 1. The van der Waals surface area contributed by atoms with E-state index in [-0.39, 0.29) is 0 Å². The highest BCUT2D eigenvalue weighted by Gasteiger charge is 2.14. The lowest BCUT2D eigenvalue weighted by atomic mass is 10.00. The summed E-state index contributed by atoms with van der Waals surface area (Å²) in [5.41, 5.74) is 2.13. The van der Waals surface area contributed by atoms with Crippen LogP contribution in [0.4, 0.5) is 0 Å². The molecule has 1 saturated heterocycles. The van der Waals surface area contributed by atoms with Gasteiger partial charge < -0.3 is 10.0 Å². The molecule has 4 nitrogen and oxygen atoms in total. The predicted octanol–water partition coefficient (Wildman–Crippen LogP) is 2.01. The second-order valence-electron chi connectivity index (χ2n) is 5.73. The van der Waals surface area contributed by atoms with E-state index in [0.29, 0.717) is 0 Å². The molecule has 1 aromatic carbocycles. The van der Waals surface area contributed by atoms with E-state index < -0.39 is 11.9 Å². The first kappa shape index (κ1) is 15.0. The van der Waals surface area contributed by atoms with Crippen molar-refractivity contribution in [1.29, 1.82) is 0 Å². The van der Waals surface area contributed by atoms with Crippen molar-refractivity contribution in [1.82, 2.24) is 9.80 Å². The molecule has 1 aromatic rings. The van der Waals surface area contributed by atoms with E-state index in [1.54, 1.807) is 6.92 Å². The molecule has 0 bridgehead atoms. The summed E-state index contributed by atoms with van der Waals surface area (Å²) in [6.07, 6.45) is 1.21. The molecule has 1 aliphatic rings. The van der Waals surface area contributed by atoms with Crippen molar-refractivity contribution in [2.24, 2.45) is 0 Å². The van der Waals surface area contributed by atoms with Crippen molar-refractivity contribution in [3.63, 3.8) is 0 Å². The van der Waals surface area contributed by atoms with Crippen LogP contribution in [0.25, 0.3) is 0 Å². The predicted molar refractivity (Wildman–Crippen MR) is 79.9 cm³/mol. The third-order valence-corrected chi connectivity index (χ3v) is 4.07. The third kappa shape index (κ3) is 4.05. The number of rotatable bonds is 4. The third-order valence-electron chi connectivity index (χ3n) is 4.07. The molecule has 1 atom stereocenters. The lowest BCUT2D eigenvalue weighted by Gasteiger charge is -2.20. The molecule has 1 fully saturated rings. The largest absolute Gasteiger partial charge is 0.481 e. The summed E-state index contributed by atoms with van der Waals surface area (Å²) in [5, 5.41) is 9.01. The molecule has 0 radical (unpaired) electrons. The van der Waals surface area contributed by atoms with Gasteiger partial charge in [0.25, 0.3) is 0 Å². The monoisotopic (exact) mass is 276 g/mol. The van der Waals surface area contributed by atoms with Gasteiger partial charge in [0.1, 0.15) is 0 Å². The van der Waals surface area contributed by atoms with E-state index in [0.717, 1.165) is 31.7 Å². The van der Waals surface area contributed by atoms with E-state index in [2.05, 4.69) is 29.0 Å². The molecule has 1 aliphatic heterocycles. The average Bonchev–Trinajstić information content (AvgIpc) is 2.64. The zero-order valence-corrected chi connectivity index (χ0v) is 12.4. The van der Waals surface area contributed by atoms with Crippen molar-refractivity contribution in [3.8, 4) is 0 Å². The highest BCUT2D eigenvalue weighted by atomic mass is 16.4. The van der Waals surface area contributed by atoms with Crippen LogP contribution in [0.1, 0.15) is 30.4 Å². The zero-order valence-electron chi connectivity index (χ0n) is 12.4. The average molecular weight is 276 g/mol. The minimum Gasteiger partial charge on any atom is -0.481 e. The molecule has 20 heavy (non-hydrogen) atoms. The van der Waals surface area contributed by atoms with Crippen LogP contribution in [-0.2, 0) is 11.3 Å². The molecule has 2 rings (SSSR count). The maximum absolute atomic E-state index is 11.0. The quantitative estimate of drug-likeness (QED) is 0.913. The SMILES string of the molecule is CC(C(=O)O)c1ccc(CN2CCCN(C)CC2)cc1. The van der Waals surface area contributed by atoms with E-state index in [9.17, 15) is 4.79 Å². The van der Waals surface area contributed by atoms with Gasteiger partial charge in [0, 0.05) is 19.6 Å². The number of carboxylic acids is 1. The van der Waals surface area contributed by atoms with Gasteiger partial charge in [0.05, 0.1) is 5.92 Å². The molecule has 4 heteroatoms. The topological polar surface area (TPSA) is 43.8 Å². The first-order valence-corrected chi connectivity index (χ1v) is 7.29. The Labute approximate surface area is 121 Å². The molecule has 0 spiro atoms. The lowest BCUT2D eigenvalue weighted by molar-refractivity contribution is -0.138. The summed E-state index contributed by atoms with van der Waals surface area (Å²) >= 11 is 0. The number of hydrogen-bond acceptors (Lipinski definition) is 3. The fraction of sp³-hybridized carbons (Fsp3) is 0.562. The Bertz CT molecular complexity index is 444. The minimum atomic E-state index is -0.770. The summed E-state index contributed by atoms with van der Waals surface area (Å²) in [6, 6.07) is 8.00. The molecule has 110 valence electrons. The second-order valence-corrected chi connectivity index (χ2v) is 5.73. The number of carbonyl (C=O) groups is 1. The van der Waals surface area contributed by atoms with E-state index in [1.165, 1.54) is 18.5 Å². The standard InChI is InChI=1S/C16H24N2O2/c1-13(16(19)20)15-6-4-14(5-7-15)12-18-9-3-8-17(2)10-11-18/h4-7,13H,3,8-12H2,1-2H3,(H,19,20). The Morgan fingerprint density at radius 3 is 2.55 bits per heavy atom. The van der Waals surface area contributed by atoms with Crippen molar-refractivity contribution in [3.05, 3.63) is 35.4 Å². The fourth-order valence-corrected chi connectivity index (χ4v) is 2.57. The number of likely N-dealkylation sites (N-methyl/N-ethyl adjacent to an activating group) is 1. The number of benzene rings is 1. The molecular formula is C16H24N2O2. The number of carboxylic acid groups (broad SMARTS) is 1. The summed E-state index contributed by atoms with van der Waals surface area (Å²) in [7, 11) is 2.17. The van der Waals surface area contributed by atoms with Crippen LogP contribution < -0.4 is 0 Å². The smallest absolute Gasteiger partial charge is 0.310 e. The molecule has 0 saturated carbocycles. The highest BCUT2D eigenvalue weighted by molar-refractivity contribution is 5.75. The Morgan fingerprint density at radius 2 is 1.90 bits per heavy atom. The Morgan fingerprint density at radius 1 is 1.20 bits per heavy atom. The van der Waals surface area contributed by atoms with Crippen LogP contribution >= 0.6 is 0 Å².